The van der Waals surface area contributed by atoms with Gasteiger partial charge in [-0.3, -0.25) is 0 Å². The molecule has 0 heterocycles. The van der Waals surface area contributed by atoms with E-state index in [-0.39, 0.29) is 6.10 Å². The summed E-state index contributed by atoms with van der Waals surface area (Å²) in [5.74, 6) is 0.790. The molecule has 0 amide bonds. The van der Waals surface area contributed by atoms with Crippen LogP contribution in [0, 0.1) is 5.92 Å². The molecule has 1 saturated carbocycles. The topological polar surface area (TPSA) is 35.5 Å². The highest BCUT2D eigenvalue weighted by molar-refractivity contribution is 4.72. The summed E-state index contributed by atoms with van der Waals surface area (Å²) in [7, 11) is 4.18. The van der Waals surface area contributed by atoms with E-state index in [9.17, 15) is 5.11 Å². The van der Waals surface area contributed by atoms with Crippen LogP contribution in [-0.2, 0) is 0 Å². The number of hydrogen-bond acceptors (Lipinski definition) is 3. The lowest BCUT2D eigenvalue weighted by atomic mass is 10.0. The van der Waals surface area contributed by atoms with Crippen LogP contribution in [0.25, 0.3) is 0 Å². The molecule has 0 aromatic rings. The summed E-state index contributed by atoms with van der Waals surface area (Å²) in [6, 6.07) is 0. The average Bonchev–Trinajstić information content (AvgIpc) is 2.69. The van der Waals surface area contributed by atoms with Gasteiger partial charge in [-0.05, 0) is 45.9 Å². The van der Waals surface area contributed by atoms with Crippen LogP contribution < -0.4 is 5.32 Å². The smallest absolute Gasteiger partial charge is 0.0667 e. The maximum Gasteiger partial charge on any atom is 0.0667 e. The fraction of sp³-hybridized carbons (Fsp3) is 1.00. The minimum absolute atomic E-state index is 0.137. The second-order valence-corrected chi connectivity index (χ2v) is 5.40. The SMILES string of the molecule is CN(C)CCCNCC(O)CC1CCCC1. The van der Waals surface area contributed by atoms with Crippen LogP contribution in [0.2, 0.25) is 0 Å². The van der Waals surface area contributed by atoms with E-state index in [1.807, 2.05) is 0 Å². The second kappa shape index (κ2) is 8.04. The molecule has 0 bridgehead atoms. The third-order valence-electron chi connectivity index (χ3n) is 3.42. The highest BCUT2D eigenvalue weighted by Gasteiger charge is 2.18. The molecule has 0 aromatic carbocycles. The summed E-state index contributed by atoms with van der Waals surface area (Å²) < 4.78 is 0. The van der Waals surface area contributed by atoms with Crippen LogP contribution in [0.15, 0.2) is 0 Å². The zero-order valence-electron chi connectivity index (χ0n) is 10.9. The first-order valence-electron chi connectivity index (χ1n) is 6.72. The third kappa shape index (κ3) is 6.46. The van der Waals surface area contributed by atoms with Gasteiger partial charge in [0.15, 0.2) is 0 Å². The van der Waals surface area contributed by atoms with Crippen molar-refractivity contribution in [3.63, 3.8) is 0 Å². The van der Waals surface area contributed by atoms with Crippen molar-refractivity contribution in [1.29, 1.82) is 0 Å². The monoisotopic (exact) mass is 228 g/mol. The van der Waals surface area contributed by atoms with Crippen molar-refractivity contribution >= 4 is 0 Å². The summed E-state index contributed by atoms with van der Waals surface area (Å²) in [6.45, 7) is 2.90. The van der Waals surface area contributed by atoms with Gasteiger partial charge in [-0.2, -0.15) is 0 Å². The molecule has 0 aromatic heterocycles. The number of nitrogens with one attached hydrogen (secondary N) is 1. The van der Waals surface area contributed by atoms with Crippen molar-refractivity contribution in [2.45, 2.75) is 44.6 Å². The van der Waals surface area contributed by atoms with E-state index in [4.69, 9.17) is 0 Å². The predicted molar refractivity (Wildman–Crippen MR) is 68.6 cm³/mol. The van der Waals surface area contributed by atoms with E-state index in [0.717, 1.165) is 38.4 Å². The van der Waals surface area contributed by atoms with Crippen molar-refractivity contribution in [2.75, 3.05) is 33.7 Å². The predicted octanol–water partition coefficient (Wildman–Crippen LogP) is 1.47. The van der Waals surface area contributed by atoms with Crippen molar-refractivity contribution in [3.8, 4) is 0 Å². The Balaban J connectivity index is 1.91. The second-order valence-electron chi connectivity index (χ2n) is 5.40. The Bertz CT molecular complexity index is 167. The summed E-state index contributed by atoms with van der Waals surface area (Å²) in [5.41, 5.74) is 0. The molecule has 16 heavy (non-hydrogen) atoms. The first-order chi connectivity index (χ1) is 7.68. The number of nitrogens with zero attached hydrogens (tertiary/aromatic N) is 1. The quantitative estimate of drug-likeness (QED) is 0.618. The molecule has 0 radical (unpaired) electrons. The minimum atomic E-state index is -0.137. The van der Waals surface area contributed by atoms with Gasteiger partial charge in [0.2, 0.25) is 0 Å². The van der Waals surface area contributed by atoms with Crippen molar-refractivity contribution < 1.29 is 5.11 Å². The zero-order chi connectivity index (χ0) is 11.8. The summed E-state index contributed by atoms with van der Waals surface area (Å²) in [4.78, 5) is 2.19. The maximum absolute atomic E-state index is 9.85. The van der Waals surface area contributed by atoms with Crippen LogP contribution in [0.4, 0.5) is 0 Å². The molecule has 1 rings (SSSR count). The maximum atomic E-state index is 9.85. The van der Waals surface area contributed by atoms with Gasteiger partial charge >= 0.3 is 0 Å². The van der Waals surface area contributed by atoms with Crippen LogP contribution in [0.5, 0.6) is 0 Å². The van der Waals surface area contributed by atoms with Crippen LogP contribution in [0.3, 0.4) is 0 Å². The van der Waals surface area contributed by atoms with Gasteiger partial charge in [-0.25, -0.2) is 0 Å². The lowest BCUT2D eigenvalue weighted by Crippen LogP contribution is -2.30. The number of aliphatic hydroxyl groups is 1. The van der Waals surface area contributed by atoms with Crippen molar-refractivity contribution in [3.05, 3.63) is 0 Å². The fourth-order valence-corrected chi connectivity index (χ4v) is 2.50. The highest BCUT2D eigenvalue weighted by atomic mass is 16.3. The Labute approximate surface area is 100 Å². The molecule has 1 fully saturated rings. The molecule has 1 unspecified atom stereocenters. The van der Waals surface area contributed by atoms with Gasteiger partial charge in [-0.1, -0.05) is 25.7 Å². The summed E-state index contributed by atoms with van der Waals surface area (Å²) in [5, 5.41) is 13.2. The molecule has 0 aliphatic heterocycles. The molecule has 0 spiro atoms. The normalized spacial score (nSPS) is 19.5. The lowest BCUT2D eigenvalue weighted by molar-refractivity contribution is 0.140. The van der Waals surface area contributed by atoms with E-state index < -0.39 is 0 Å². The van der Waals surface area contributed by atoms with Gasteiger partial charge in [-0.15, -0.1) is 0 Å². The van der Waals surface area contributed by atoms with E-state index in [2.05, 4.69) is 24.3 Å². The Morgan fingerprint density at radius 3 is 2.62 bits per heavy atom. The number of rotatable bonds is 8. The van der Waals surface area contributed by atoms with E-state index >= 15 is 0 Å². The highest BCUT2D eigenvalue weighted by Crippen LogP contribution is 2.28. The van der Waals surface area contributed by atoms with Crippen molar-refractivity contribution in [1.82, 2.24) is 10.2 Å². The fourth-order valence-electron chi connectivity index (χ4n) is 2.50. The Hall–Kier alpha value is -0.120. The standard InChI is InChI=1S/C13H28N2O/c1-15(2)9-5-8-14-11-13(16)10-12-6-3-4-7-12/h12-14,16H,3-11H2,1-2H3. The first-order valence-corrected chi connectivity index (χ1v) is 6.72. The minimum Gasteiger partial charge on any atom is -0.392 e. The molecule has 96 valence electrons. The number of aliphatic hydroxyl groups excluding tert-OH is 1. The molecular weight excluding hydrogens is 200 g/mol. The van der Waals surface area contributed by atoms with E-state index in [1.54, 1.807) is 0 Å². The molecule has 3 heteroatoms. The first kappa shape index (κ1) is 13.9. The Morgan fingerprint density at radius 1 is 1.31 bits per heavy atom. The third-order valence-corrected chi connectivity index (χ3v) is 3.42. The molecule has 2 N–H and O–H groups in total. The van der Waals surface area contributed by atoms with Gasteiger partial charge in [0.05, 0.1) is 6.10 Å². The van der Waals surface area contributed by atoms with Crippen LogP contribution in [-0.4, -0.2) is 49.8 Å². The van der Waals surface area contributed by atoms with Crippen LogP contribution in [0.1, 0.15) is 38.5 Å². The summed E-state index contributed by atoms with van der Waals surface area (Å²) >= 11 is 0. The van der Waals surface area contributed by atoms with Crippen LogP contribution >= 0.6 is 0 Å². The Morgan fingerprint density at radius 2 is 2.00 bits per heavy atom. The number of hydrogen-bond donors (Lipinski definition) is 2. The average molecular weight is 228 g/mol. The molecule has 1 aliphatic carbocycles. The molecule has 1 aliphatic rings. The van der Waals surface area contributed by atoms with Gasteiger partial charge in [0, 0.05) is 6.54 Å². The molecule has 0 saturated heterocycles. The molecule has 1 atom stereocenters. The van der Waals surface area contributed by atoms with E-state index in [0.29, 0.717) is 0 Å². The van der Waals surface area contributed by atoms with Gasteiger partial charge < -0.3 is 15.3 Å². The molecule has 3 nitrogen and oxygen atoms in total. The molecular formula is C13H28N2O. The largest absolute Gasteiger partial charge is 0.392 e. The zero-order valence-corrected chi connectivity index (χ0v) is 10.9. The summed E-state index contributed by atoms with van der Waals surface area (Å²) in [6.07, 6.45) is 7.42. The van der Waals surface area contributed by atoms with Gasteiger partial charge in [0.1, 0.15) is 0 Å². The Kier molecular flexibility index (Phi) is 7.01. The van der Waals surface area contributed by atoms with Crippen molar-refractivity contribution in [2.24, 2.45) is 5.92 Å². The van der Waals surface area contributed by atoms with Gasteiger partial charge in [0.25, 0.3) is 0 Å². The lowest BCUT2D eigenvalue weighted by Gasteiger charge is -2.16. The van der Waals surface area contributed by atoms with E-state index in [1.165, 1.54) is 25.7 Å².